The van der Waals surface area contributed by atoms with Gasteiger partial charge in [-0.1, -0.05) is 18.2 Å². The Labute approximate surface area is 86.9 Å². The zero-order chi connectivity index (χ0) is 10.9. The molecule has 1 fully saturated rings. The van der Waals surface area contributed by atoms with Gasteiger partial charge in [-0.15, -0.1) is 0 Å². The lowest BCUT2D eigenvalue weighted by Crippen LogP contribution is -2.44. The molecule has 1 aliphatic heterocycles. The van der Waals surface area contributed by atoms with Crippen LogP contribution in [0.5, 0.6) is 5.75 Å². The molecule has 1 aromatic carbocycles. The molecule has 1 aliphatic rings. The average Bonchev–Trinajstić information content (AvgIpc) is 2.19. The maximum absolute atomic E-state index is 13.6. The Bertz CT molecular complexity index is 354. The molecule has 0 spiro atoms. The predicted molar refractivity (Wildman–Crippen MR) is 53.3 cm³/mol. The number of alkyl halides is 2. The van der Waals surface area contributed by atoms with E-state index in [9.17, 15) is 13.9 Å². The van der Waals surface area contributed by atoms with E-state index in [1.807, 2.05) is 0 Å². The second-order valence-electron chi connectivity index (χ2n) is 3.84. The number of rotatable bonds is 1. The summed E-state index contributed by atoms with van der Waals surface area (Å²) in [6.07, 6.45) is 0.352. The number of piperidine rings is 1. The Balaban J connectivity index is 2.33. The zero-order valence-electron chi connectivity index (χ0n) is 8.21. The first-order valence-electron chi connectivity index (χ1n) is 4.98. The molecule has 0 radical (unpaired) electrons. The molecular formula is C11H13F2NO. The topological polar surface area (TPSA) is 32.3 Å². The minimum absolute atomic E-state index is 0.0379. The third-order valence-electron chi connectivity index (χ3n) is 2.79. The molecule has 82 valence electrons. The van der Waals surface area contributed by atoms with E-state index in [1.165, 1.54) is 6.07 Å². The highest BCUT2D eigenvalue weighted by molar-refractivity contribution is 5.36. The standard InChI is InChI=1S/C11H13F2NO/c12-11(13)7-14-6-5-9(11)8-3-1-2-4-10(8)15/h1-4,9,14-15H,5-7H2. The van der Waals surface area contributed by atoms with Crippen molar-refractivity contribution in [2.45, 2.75) is 18.3 Å². The van der Waals surface area contributed by atoms with Crippen molar-refractivity contribution in [2.24, 2.45) is 0 Å². The van der Waals surface area contributed by atoms with Crippen molar-refractivity contribution in [3.05, 3.63) is 29.8 Å². The number of aromatic hydroxyl groups is 1. The van der Waals surface area contributed by atoms with Crippen LogP contribution in [0.25, 0.3) is 0 Å². The SMILES string of the molecule is Oc1ccccc1C1CCNCC1(F)F. The Morgan fingerprint density at radius 3 is 2.73 bits per heavy atom. The number of phenols is 1. The molecule has 0 bridgehead atoms. The average molecular weight is 213 g/mol. The maximum Gasteiger partial charge on any atom is 0.267 e. The van der Waals surface area contributed by atoms with Crippen molar-refractivity contribution >= 4 is 0 Å². The van der Waals surface area contributed by atoms with Gasteiger partial charge in [-0.3, -0.25) is 0 Å². The van der Waals surface area contributed by atoms with E-state index in [1.54, 1.807) is 18.2 Å². The van der Waals surface area contributed by atoms with Gasteiger partial charge < -0.3 is 10.4 Å². The van der Waals surface area contributed by atoms with E-state index in [4.69, 9.17) is 0 Å². The second kappa shape index (κ2) is 3.77. The van der Waals surface area contributed by atoms with Gasteiger partial charge in [0.1, 0.15) is 5.75 Å². The Morgan fingerprint density at radius 2 is 2.07 bits per heavy atom. The predicted octanol–water partition coefficient (Wildman–Crippen LogP) is 2.10. The van der Waals surface area contributed by atoms with Gasteiger partial charge >= 0.3 is 0 Å². The van der Waals surface area contributed by atoms with Crippen LogP contribution < -0.4 is 5.32 Å². The summed E-state index contributed by atoms with van der Waals surface area (Å²) in [4.78, 5) is 0. The Kier molecular flexibility index (Phi) is 2.61. The number of hydrogen-bond donors (Lipinski definition) is 2. The van der Waals surface area contributed by atoms with Crippen molar-refractivity contribution in [3.8, 4) is 5.75 Å². The third-order valence-corrected chi connectivity index (χ3v) is 2.79. The summed E-state index contributed by atoms with van der Waals surface area (Å²) in [6, 6.07) is 6.33. The number of phenolic OH excluding ortho intramolecular Hbond substituents is 1. The van der Waals surface area contributed by atoms with Crippen LogP contribution in [-0.4, -0.2) is 24.1 Å². The van der Waals surface area contributed by atoms with E-state index in [0.29, 0.717) is 18.5 Å². The number of nitrogens with one attached hydrogen (secondary N) is 1. The van der Waals surface area contributed by atoms with E-state index < -0.39 is 11.8 Å². The molecule has 0 aromatic heterocycles. The fourth-order valence-electron chi connectivity index (χ4n) is 2.00. The molecule has 0 aliphatic carbocycles. The van der Waals surface area contributed by atoms with Gasteiger partial charge in [0.25, 0.3) is 5.92 Å². The highest BCUT2D eigenvalue weighted by Gasteiger charge is 2.43. The van der Waals surface area contributed by atoms with Crippen LogP contribution in [-0.2, 0) is 0 Å². The van der Waals surface area contributed by atoms with Gasteiger partial charge in [0, 0.05) is 5.56 Å². The quantitative estimate of drug-likeness (QED) is 0.748. The number of hydrogen-bond acceptors (Lipinski definition) is 2. The molecule has 2 N–H and O–H groups in total. The summed E-state index contributed by atoms with van der Waals surface area (Å²) in [6.45, 7) is 0.251. The summed E-state index contributed by atoms with van der Waals surface area (Å²) in [5.41, 5.74) is 0.351. The van der Waals surface area contributed by atoms with Crippen molar-refractivity contribution < 1.29 is 13.9 Å². The fraction of sp³-hybridized carbons (Fsp3) is 0.455. The molecule has 1 atom stereocenters. The Hall–Kier alpha value is -1.16. The summed E-state index contributed by atoms with van der Waals surface area (Å²) in [5.74, 6) is -3.69. The van der Waals surface area contributed by atoms with Crippen molar-refractivity contribution in [2.75, 3.05) is 13.1 Å². The molecule has 0 amide bonds. The molecule has 4 heteroatoms. The summed E-state index contributed by atoms with van der Waals surface area (Å²) >= 11 is 0. The summed E-state index contributed by atoms with van der Waals surface area (Å²) in [5, 5.41) is 12.2. The van der Waals surface area contributed by atoms with Crippen LogP contribution in [0.4, 0.5) is 8.78 Å². The lowest BCUT2D eigenvalue weighted by molar-refractivity contribution is -0.0426. The van der Waals surface area contributed by atoms with Crippen molar-refractivity contribution in [1.82, 2.24) is 5.32 Å². The lowest BCUT2D eigenvalue weighted by atomic mass is 9.86. The van der Waals surface area contributed by atoms with Gasteiger partial charge in [0.05, 0.1) is 12.5 Å². The number of halogens is 2. The van der Waals surface area contributed by atoms with Crippen LogP contribution in [0.2, 0.25) is 0 Å². The first-order valence-corrected chi connectivity index (χ1v) is 4.98. The largest absolute Gasteiger partial charge is 0.508 e. The van der Waals surface area contributed by atoms with Gasteiger partial charge in [-0.25, -0.2) is 8.78 Å². The molecule has 1 aromatic rings. The molecule has 2 nitrogen and oxygen atoms in total. The molecule has 1 unspecified atom stereocenters. The van der Waals surface area contributed by atoms with Crippen LogP contribution in [0.3, 0.4) is 0 Å². The van der Waals surface area contributed by atoms with Gasteiger partial charge in [-0.05, 0) is 19.0 Å². The minimum Gasteiger partial charge on any atom is -0.508 e. The van der Waals surface area contributed by atoms with Gasteiger partial charge in [-0.2, -0.15) is 0 Å². The first-order chi connectivity index (χ1) is 7.11. The number of benzene rings is 1. The van der Waals surface area contributed by atoms with Crippen LogP contribution in [0.1, 0.15) is 17.9 Å². The van der Waals surface area contributed by atoms with E-state index in [-0.39, 0.29) is 12.3 Å². The van der Waals surface area contributed by atoms with Crippen LogP contribution >= 0.6 is 0 Å². The molecule has 0 saturated carbocycles. The fourth-order valence-corrected chi connectivity index (χ4v) is 2.00. The molecule has 2 rings (SSSR count). The third kappa shape index (κ3) is 1.95. The van der Waals surface area contributed by atoms with E-state index in [0.717, 1.165) is 0 Å². The first kappa shape index (κ1) is 10.4. The van der Waals surface area contributed by atoms with Gasteiger partial charge in [0.15, 0.2) is 0 Å². The number of para-hydroxylation sites is 1. The maximum atomic E-state index is 13.6. The summed E-state index contributed by atoms with van der Waals surface area (Å²) in [7, 11) is 0. The lowest BCUT2D eigenvalue weighted by Gasteiger charge is -2.32. The molecule has 1 saturated heterocycles. The molecular weight excluding hydrogens is 200 g/mol. The molecule has 15 heavy (non-hydrogen) atoms. The van der Waals surface area contributed by atoms with Gasteiger partial charge in [0.2, 0.25) is 0 Å². The normalized spacial score (nSPS) is 25.1. The van der Waals surface area contributed by atoms with Crippen molar-refractivity contribution in [3.63, 3.8) is 0 Å². The van der Waals surface area contributed by atoms with E-state index in [2.05, 4.69) is 5.32 Å². The highest BCUT2D eigenvalue weighted by Crippen LogP contribution is 2.40. The monoisotopic (exact) mass is 213 g/mol. The Morgan fingerprint density at radius 1 is 1.33 bits per heavy atom. The van der Waals surface area contributed by atoms with Crippen molar-refractivity contribution in [1.29, 1.82) is 0 Å². The smallest absolute Gasteiger partial charge is 0.267 e. The van der Waals surface area contributed by atoms with Crippen LogP contribution in [0.15, 0.2) is 24.3 Å². The second-order valence-corrected chi connectivity index (χ2v) is 3.84. The zero-order valence-corrected chi connectivity index (χ0v) is 8.21. The highest BCUT2D eigenvalue weighted by atomic mass is 19.3. The minimum atomic E-state index is -2.78. The summed E-state index contributed by atoms with van der Waals surface area (Å²) < 4.78 is 27.1. The van der Waals surface area contributed by atoms with Crippen LogP contribution in [0, 0.1) is 0 Å². The van der Waals surface area contributed by atoms with E-state index >= 15 is 0 Å². The molecule has 1 heterocycles.